The van der Waals surface area contributed by atoms with Crippen LogP contribution in [-0.2, 0) is 9.59 Å². The molecule has 154 valence electrons. The van der Waals surface area contributed by atoms with E-state index >= 15 is 0 Å². The first kappa shape index (κ1) is 20.2. The number of hydrogen-bond acceptors (Lipinski definition) is 3. The molecular formula is C23H22ClN3O3. The van der Waals surface area contributed by atoms with E-state index in [1.807, 2.05) is 25.1 Å². The van der Waals surface area contributed by atoms with Gasteiger partial charge < -0.3 is 10.2 Å². The number of fused-ring (bicyclic) bond motifs is 3. The first-order valence-corrected chi connectivity index (χ1v) is 10.2. The highest BCUT2D eigenvalue weighted by Gasteiger charge is 2.60. The van der Waals surface area contributed by atoms with Gasteiger partial charge in [-0.1, -0.05) is 48.0 Å². The van der Waals surface area contributed by atoms with Gasteiger partial charge in [-0.25, -0.2) is 0 Å². The molecule has 2 aromatic carbocycles. The molecule has 6 nitrogen and oxygen atoms in total. The predicted octanol–water partition coefficient (Wildman–Crippen LogP) is 3.68. The lowest BCUT2D eigenvalue weighted by Crippen LogP contribution is -2.70. The Balaban J connectivity index is 1.79. The van der Waals surface area contributed by atoms with Crippen LogP contribution in [0.1, 0.15) is 41.7 Å². The zero-order chi connectivity index (χ0) is 21.5. The van der Waals surface area contributed by atoms with Crippen molar-refractivity contribution < 1.29 is 14.4 Å². The van der Waals surface area contributed by atoms with Gasteiger partial charge in [0.05, 0.1) is 17.3 Å². The topological polar surface area (TPSA) is 69.7 Å². The molecule has 30 heavy (non-hydrogen) atoms. The van der Waals surface area contributed by atoms with Gasteiger partial charge in [-0.3, -0.25) is 19.3 Å². The summed E-state index contributed by atoms with van der Waals surface area (Å²) in [5.74, 6) is -0.896. The van der Waals surface area contributed by atoms with Crippen molar-refractivity contribution in [3.05, 3.63) is 77.3 Å². The highest BCUT2D eigenvalue weighted by Crippen LogP contribution is 2.44. The molecule has 7 heteroatoms. The van der Waals surface area contributed by atoms with Gasteiger partial charge in [0.15, 0.2) is 0 Å². The lowest BCUT2D eigenvalue weighted by molar-refractivity contribution is -0.134. The number of nitrogens with one attached hydrogen (secondary N) is 1. The van der Waals surface area contributed by atoms with Gasteiger partial charge in [-0.2, -0.15) is 0 Å². The molecule has 1 N–H and O–H groups in total. The number of hydrogen-bond donors (Lipinski definition) is 1. The number of halogens is 1. The van der Waals surface area contributed by atoms with Crippen LogP contribution in [0.3, 0.4) is 0 Å². The Bertz CT molecular complexity index is 1050. The van der Waals surface area contributed by atoms with Crippen molar-refractivity contribution in [2.75, 3.05) is 11.4 Å². The Kier molecular flexibility index (Phi) is 5.12. The van der Waals surface area contributed by atoms with Crippen molar-refractivity contribution in [1.82, 2.24) is 10.2 Å². The van der Waals surface area contributed by atoms with Crippen LogP contribution >= 0.6 is 11.6 Å². The summed E-state index contributed by atoms with van der Waals surface area (Å²) in [4.78, 5) is 42.8. The summed E-state index contributed by atoms with van der Waals surface area (Å²) in [5, 5.41) is 3.52. The molecule has 0 unspecified atom stereocenters. The van der Waals surface area contributed by atoms with Crippen LogP contribution in [0.25, 0.3) is 0 Å². The summed E-state index contributed by atoms with van der Waals surface area (Å²) >= 11 is 6.30. The second-order valence-electron chi connectivity index (χ2n) is 7.48. The maximum absolute atomic E-state index is 13.7. The minimum atomic E-state index is -1.44. The van der Waals surface area contributed by atoms with Crippen LogP contribution in [0.2, 0.25) is 5.02 Å². The molecule has 1 fully saturated rings. The molecule has 2 aliphatic rings. The van der Waals surface area contributed by atoms with Gasteiger partial charge in [0.1, 0.15) is 0 Å². The molecule has 0 saturated carbocycles. The Morgan fingerprint density at radius 1 is 1.23 bits per heavy atom. The van der Waals surface area contributed by atoms with Crippen LogP contribution in [0.5, 0.6) is 0 Å². The molecule has 0 aliphatic carbocycles. The average molecular weight is 424 g/mol. The minimum Gasteiger partial charge on any atom is -0.346 e. The fraction of sp³-hybridized carbons (Fsp3) is 0.261. The number of rotatable bonds is 5. The maximum atomic E-state index is 13.7. The lowest BCUT2D eigenvalue weighted by Gasteiger charge is -2.49. The molecule has 2 atom stereocenters. The van der Waals surface area contributed by atoms with E-state index in [4.69, 9.17) is 11.6 Å². The van der Waals surface area contributed by atoms with E-state index in [0.717, 1.165) is 5.56 Å². The number of anilines is 1. The SMILES string of the molecule is C=CCN1C(=O)c2ccccc2N2C(=O)CC[C@]12C(=O)N[C@H](C)c1ccccc1Cl. The number of carbonyl (C=O) groups is 3. The third-order valence-electron chi connectivity index (χ3n) is 5.77. The second-order valence-corrected chi connectivity index (χ2v) is 7.89. The fourth-order valence-corrected chi connectivity index (χ4v) is 4.68. The molecule has 0 aromatic heterocycles. The number of carbonyl (C=O) groups excluding carboxylic acids is 3. The van der Waals surface area contributed by atoms with Crippen molar-refractivity contribution in [2.45, 2.75) is 31.5 Å². The van der Waals surface area contributed by atoms with Crippen molar-refractivity contribution in [2.24, 2.45) is 0 Å². The highest BCUT2D eigenvalue weighted by atomic mass is 35.5. The van der Waals surface area contributed by atoms with Gasteiger partial charge >= 0.3 is 0 Å². The summed E-state index contributed by atoms with van der Waals surface area (Å²) in [6.07, 6.45) is 1.95. The number of para-hydroxylation sites is 1. The summed E-state index contributed by atoms with van der Waals surface area (Å²) < 4.78 is 0. The average Bonchev–Trinajstić information content (AvgIpc) is 3.09. The number of benzene rings is 2. The fourth-order valence-electron chi connectivity index (χ4n) is 4.38. The first-order valence-electron chi connectivity index (χ1n) is 9.82. The van der Waals surface area contributed by atoms with Crippen LogP contribution in [0.15, 0.2) is 61.2 Å². The van der Waals surface area contributed by atoms with Gasteiger partial charge in [0, 0.05) is 24.4 Å². The molecule has 0 bridgehead atoms. The summed E-state index contributed by atoms with van der Waals surface area (Å²) in [6.45, 7) is 5.71. The van der Waals surface area contributed by atoms with Gasteiger partial charge in [-0.05, 0) is 30.7 Å². The van der Waals surface area contributed by atoms with E-state index in [2.05, 4.69) is 11.9 Å². The predicted molar refractivity (Wildman–Crippen MR) is 115 cm³/mol. The quantitative estimate of drug-likeness (QED) is 0.746. The first-order chi connectivity index (χ1) is 14.4. The van der Waals surface area contributed by atoms with Crippen molar-refractivity contribution in [1.29, 1.82) is 0 Å². The number of amides is 3. The molecule has 2 heterocycles. The normalized spacial score (nSPS) is 21.1. The van der Waals surface area contributed by atoms with Crippen LogP contribution in [0, 0.1) is 0 Å². The Morgan fingerprint density at radius 3 is 2.67 bits per heavy atom. The zero-order valence-corrected chi connectivity index (χ0v) is 17.4. The molecule has 4 rings (SSSR count). The van der Waals surface area contributed by atoms with Crippen molar-refractivity contribution in [3.63, 3.8) is 0 Å². The third kappa shape index (κ3) is 2.91. The largest absolute Gasteiger partial charge is 0.346 e. The summed E-state index contributed by atoms with van der Waals surface area (Å²) in [5.41, 5.74) is 0.187. The smallest absolute Gasteiger partial charge is 0.267 e. The summed E-state index contributed by atoms with van der Waals surface area (Å²) in [7, 11) is 0. The number of nitrogens with zero attached hydrogens (tertiary/aromatic N) is 2. The van der Waals surface area contributed by atoms with Crippen LogP contribution in [-0.4, -0.2) is 34.8 Å². The lowest BCUT2D eigenvalue weighted by atomic mass is 9.94. The van der Waals surface area contributed by atoms with E-state index in [0.29, 0.717) is 16.3 Å². The van der Waals surface area contributed by atoms with Crippen molar-refractivity contribution in [3.8, 4) is 0 Å². The third-order valence-corrected chi connectivity index (χ3v) is 6.11. The summed E-state index contributed by atoms with van der Waals surface area (Å²) in [6, 6.07) is 13.7. The molecule has 0 radical (unpaired) electrons. The highest BCUT2D eigenvalue weighted by molar-refractivity contribution is 6.31. The minimum absolute atomic E-state index is 0.144. The Labute approximate surface area is 180 Å². The van der Waals surface area contributed by atoms with Crippen molar-refractivity contribution >= 4 is 35.0 Å². The second kappa shape index (κ2) is 7.61. The molecular weight excluding hydrogens is 402 g/mol. The van der Waals surface area contributed by atoms with E-state index in [9.17, 15) is 14.4 Å². The molecule has 1 saturated heterocycles. The standard InChI is InChI=1S/C23H22ClN3O3/c1-3-14-26-21(29)17-9-5-7-11-19(17)27-20(28)12-13-23(26,27)22(30)25-15(2)16-8-4-6-10-18(16)24/h3-11,15H,1,12-14H2,2H3,(H,25,30)/t15-,23+/m1/s1. The monoisotopic (exact) mass is 423 g/mol. The van der Waals surface area contributed by atoms with Gasteiger partial charge in [0.25, 0.3) is 11.8 Å². The van der Waals surface area contributed by atoms with E-state index in [-0.39, 0.29) is 31.2 Å². The molecule has 3 amide bonds. The van der Waals surface area contributed by atoms with E-state index in [1.165, 1.54) is 9.80 Å². The van der Waals surface area contributed by atoms with Crippen LogP contribution in [0.4, 0.5) is 5.69 Å². The molecule has 2 aliphatic heterocycles. The molecule has 2 aromatic rings. The van der Waals surface area contributed by atoms with Crippen LogP contribution < -0.4 is 10.2 Å². The zero-order valence-electron chi connectivity index (χ0n) is 16.6. The van der Waals surface area contributed by atoms with Gasteiger partial charge in [0.2, 0.25) is 11.6 Å². The Morgan fingerprint density at radius 2 is 1.93 bits per heavy atom. The van der Waals surface area contributed by atoms with Gasteiger partial charge in [-0.15, -0.1) is 6.58 Å². The maximum Gasteiger partial charge on any atom is 0.267 e. The van der Waals surface area contributed by atoms with E-state index < -0.39 is 17.6 Å². The molecule has 0 spiro atoms. The van der Waals surface area contributed by atoms with E-state index in [1.54, 1.807) is 36.4 Å². The Hall–Kier alpha value is -3.12.